The van der Waals surface area contributed by atoms with Gasteiger partial charge in [-0.15, -0.1) is 0 Å². The number of anilines is 1. The van der Waals surface area contributed by atoms with Crippen LogP contribution >= 0.6 is 23.2 Å². The zero-order chi connectivity index (χ0) is 29.3. The Hall–Kier alpha value is -3.27. The van der Waals surface area contributed by atoms with Crippen LogP contribution in [0.3, 0.4) is 0 Å². The van der Waals surface area contributed by atoms with Gasteiger partial charge in [-0.25, -0.2) is 8.42 Å². The molecule has 0 heterocycles. The predicted octanol–water partition coefficient (Wildman–Crippen LogP) is 5.53. The lowest BCUT2D eigenvalue weighted by Crippen LogP contribution is -2.51. The number of carbonyl (C=O) groups excluding carboxylic acids is 2. The summed E-state index contributed by atoms with van der Waals surface area (Å²) in [5.41, 5.74) is 0.679. The summed E-state index contributed by atoms with van der Waals surface area (Å²) in [7, 11) is -2.72. The third kappa shape index (κ3) is 7.68. The number of amides is 2. The van der Waals surface area contributed by atoms with Gasteiger partial charge < -0.3 is 15.0 Å². The van der Waals surface area contributed by atoms with Crippen molar-refractivity contribution in [3.8, 4) is 5.75 Å². The van der Waals surface area contributed by atoms with Crippen LogP contribution in [0.4, 0.5) is 5.69 Å². The normalized spacial score (nSPS) is 11.9. The Labute approximate surface area is 245 Å². The lowest BCUT2D eigenvalue weighted by molar-refractivity contribution is -0.139. The molecule has 0 aliphatic heterocycles. The smallest absolute Gasteiger partial charge is 0.264 e. The first kappa shape index (κ1) is 31.3. The van der Waals surface area contributed by atoms with Crippen LogP contribution in [0.15, 0.2) is 77.7 Å². The molecule has 0 radical (unpaired) electrons. The van der Waals surface area contributed by atoms with Gasteiger partial charge in [0, 0.05) is 34.8 Å². The molecule has 3 aromatic rings. The van der Waals surface area contributed by atoms with Crippen molar-refractivity contribution in [1.29, 1.82) is 0 Å². The summed E-state index contributed by atoms with van der Waals surface area (Å²) in [4.78, 5) is 28.4. The van der Waals surface area contributed by atoms with Crippen molar-refractivity contribution in [3.05, 3.63) is 88.4 Å². The lowest BCUT2D eigenvalue weighted by atomic mass is 10.1. The highest BCUT2D eigenvalue weighted by Gasteiger charge is 2.33. The van der Waals surface area contributed by atoms with E-state index in [-0.39, 0.29) is 23.0 Å². The zero-order valence-electron chi connectivity index (χ0n) is 22.6. The number of rotatable bonds is 13. The average molecular weight is 607 g/mol. The van der Waals surface area contributed by atoms with Gasteiger partial charge in [-0.2, -0.15) is 0 Å². The largest absolute Gasteiger partial charge is 0.497 e. The summed E-state index contributed by atoms with van der Waals surface area (Å²) in [6, 6.07) is 18.3. The maximum absolute atomic E-state index is 14.0. The van der Waals surface area contributed by atoms with Gasteiger partial charge in [-0.05, 0) is 49.7 Å². The number of nitrogens with zero attached hydrogens (tertiary/aromatic N) is 2. The first-order valence-electron chi connectivity index (χ1n) is 12.8. The Kier molecular flexibility index (Phi) is 11.2. The Balaban J connectivity index is 2.05. The SMILES string of the molecule is CCCCNC(=O)[C@H](C)N(Cc1c(Cl)cccc1Cl)C(=O)CN(c1cccc(OC)c1)S(=O)(=O)c1ccccc1. The third-order valence-electron chi connectivity index (χ3n) is 6.34. The number of benzene rings is 3. The Morgan fingerprint density at radius 1 is 0.975 bits per heavy atom. The molecular formula is C29H33Cl2N3O5S. The maximum atomic E-state index is 14.0. The Bertz CT molecular complexity index is 1400. The molecule has 0 fully saturated rings. The number of carbonyl (C=O) groups is 2. The molecule has 0 aliphatic carbocycles. The summed E-state index contributed by atoms with van der Waals surface area (Å²) in [6.07, 6.45) is 1.67. The molecule has 3 aromatic carbocycles. The quantitative estimate of drug-likeness (QED) is 0.258. The van der Waals surface area contributed by atoms with Crippen LogP contribution in [0.2, 0.25) is 10.0 Å². The van der Waals surface area contributed by atoms with Gasteiger partial charge in [-0.3, -0.25) is 13.9 Å². The lowest BCUT2D eigenvalue weighted by Gasteiger charge is -2.32. The second-order valence-electron chi connectivity index (χ2n) is 9.07. The topological polar surface area (TPSA) is 96.0 Å². The van der Waals surface area contributed by atoms with E-state index in [2.05, 4.69) is 5.32 Å². The van der Waals surface area contributed by atoms with E-state index < -0.39 is 28.5 Å². The van der Waals surface area contributed by atoms with E-state index in [9.17, 15) is 18.0 Å². The van der Waals surface area contributed by atoms with E-state index in [1.54, 1.807) is 61.5 Å². The fraction of sp³-hybridized carbons (Fsp3) is 0.310. The van der Waals surface area contributed by atoms with Crippen LogP contribution < -0.4 is 14.4 Å². The second kappa shape index (κ2) is 14.4. The molecule has 40 heavy (non-hydrogen) atoms. The van der Waals surface area contributed by atoms with Crippen LogP contribution in [0.25, 0.3) is 0 Å². The minimum Gasteiger partial charge on any atom is -0.497 e. The van der Waals surface area contributed by atoms with E-state index in [0.717, 1.165) is 17.1 Å². The summed E-state index contributed by atoms with van der Waals surface area (Å²) in [6.45, 7) is 3.36. The molecule has 1 atom stereocenters. The molecule has 8 nitrogen and oxygen atoms in total. The minimum absolute atomic E-state index is 0.0108. The van der Waals surface area contributed by atoms with Crippen molar-refractivity contribution in [2.24, 2.45) is 0 Å². The second-order valence-corrected chi connectivity index (χ2v) is 11.7. The van der Waals surface area contributed by atoms with Gasteiger partial charge >= 0.3 is 0 Å². The summed E-state index contributed by atoms with van der Waals surface area (Å²) in [5, 5.41) is 3.49. The van der Waals surface area contributed by atoms with Gasteiger partial charge in [-0.1, -0.05) is 66.9 Å². The molecule has 214 valence electrons. The van der Waals surface area contributed by atoms with Crippen LogP contribution in [0, 0.1) is 0 Å². The molecule has 0 aromatic heterocycles. The van der Waals surface area contributed by atoms with Crippen LogP contribution in [0.1, 0.15) is 32.3 Å². The average Bonchev–Trinajstić information content (AvgIpc) is 2.95. The van der Waals surface area contributed by atoms with Gasteiger partial charge in [0.1, 0.15) is 18.3 Å². The number of hydrogen-bond acceptors (Lipinski definition) is 5. The Morgan fingerprint density at radius 2 is 1.62 bits per heavy atom. The predicted molar refractivity (Wildman–Crippen MR) is 158 cm³/mol. The van der Waals surface area contributed by atoms with Gasteiger partial charge in [0.05, 0.1) is 17.7 Å². The van der Waals surface area contributed by atoms with Gasteiger partial charge in [0.15, 0.2) is 0 Å². The van der Waals surface area contributed by atoms with E-state index in [0.29, 0.717) is 27.9 Å². The third-order valence-corrected chi connectivity index (χ3v) is 8.83. The molecule has 0 bridgehead atoms. The van der Waals surface area contributed by atoms with Crippen LogP contribution in [-0.4, -0.2) is 51.4 Å². The number of sulfonamides is 1. The first-order valence-corrected chi connectivity index (χ1v) is 15.0. The van der Waals surface area contributed by atoms with E-state index in [1.807, 2.05) is 6.92 Å². The van der Waals surface area contributed by atoms with Crippen molar-refractivity contribution in [1.82, 2.24) is 10.2 Å². The number of unbranched alkanes of at least 4 members (excludes halogenated alkanes) is 1. The van der Waals surface area contributed by atoms with E-state index >= 15 is 0 Å². The molecule has 11 heteroatoms. The molecule has 3 rings (SSSR count). The molecule has 0 saturated heterocycles. The molecule has 1 N–H and O–H groups in total. The number of nitrogens with one attached hydrogen (secondary N) is 1. The van der Waals surface area contributed by atoms with Crippen molar-refractivity contribution in [2.45, 2.75) is 44.2 Å². The molecule has 2 amide bonds. The monoisotopic (exact) mass is 605 g/mol. The molecule has 0 spiro atoms. The number of ether oxygens (including phenoxy) is 1. The molecule has 0 saturated carbocycles. The fourth-order valence-electron chi connectivity index (χ4n) is 3.99. The van der Waals surface area contributed by atoms with Gasteiger partial charge in [0.25, 0.3) is 10.0 Å². The minimum atomic E-state index is -4.18. The highest BCUT2D eigenvalue weighted by Crippen LogP contribution is 2.29. The van der Waals surface area contributed by atoms with Crippen molar-refractivity contribution in [3.63, 3.8) is 0 Å². The Morgan fingerprint density at radius 3 is 2.25 bits per heavy atom. The van der Waals surface area contributed by atoms with Crippen molar-refractivity contribution in [2.75, 3.05) is 24.5 Å². The summed E-state index contributed by atoms with van der Waals surface area (Å²) < 4.78 is 34.0. The number of hydrogen-bond donors (Lipinski definition) is 1. The van der Waals surface area contributed by atoms with Crippen molar-refractivity contribution < 1.29 is 22.7 Å². The highest BCUT2D eigenvalue weighted by molar-refractivity contribution is 7.92. The molecule has 0 aliphatic rings. The molecule has 0 unspecified atom stereocenters. The highest BCUT2D eigenvalue weighted by atomic mass is 35.5. The summed E-state index contributed by atoms with van der Waals surface area (Å²) in [5.74, 6) is -0.568. The van der Waals surface area contributed by atoms with Crippen LogP contribution in [-0.2, 0) is 26.2 Å². The first-order chi connectivity index (χ1) is 19.1. The fourth-order valence-corrected chi connectivity index (χ4v) is 5.93. The molecular weight excluding hydrogens is 573 g/mol. The standard InChI is InChI=1S/C29H33Cl2N3O5S/c1-4-5-17-32-29(36)21(2)33(19-25-26(30)15-10-16-27(25)31)28(35)20-34(22-11-9-12-23(18-22)39-3)40(37,38)24-13-7-6-8-14-24/h6-16,18,21H,4-5,17,19-20H2,1-3H3,(H,32,36)/t21-/m0/s1. The number of methoxy groups -OCH3 is 1. The van der Waals surface area contributed by atoms with E-state index in [4.69, 9.17) is 27.9 Å². The van der Waals surface area contributed by atoms with Crippen LogP contribution in [0.5, 0.6) is 5.75 Å². The van der Waals surface area contributed by atoms with E-state index in [1.165, 1.54) is 30.2 Å². The van der Waals surface area contributed by atoms with Gasteiger partial charge in [0.2, 0.25) is 11.8 Å². The summed E-state index contributed by atoms with van der Waals surface area (Å²) >= 11 is 12.8. The zero-order valence-corrected chi connectivity index (χ0v) is 25.0. The number of halogens is 2. The maximum Gasteiger partial charge on any atom is 0.264 e. The van der Waals surface area contributed by atoms with Crippen molar-refractivity contribution >= 4 is 50.7 Å².